The van der Waals surface area contributed by atoms with Crippen LogP contribution in [0.15, 0.2) is 48.5 Å². The number of hydrogen-bond donors (Lipinski definition) is 2. The van der Waals surface area contributed by atoms with Crippen LogP contribution in [0.1, 0.15) is 62.5 Å². The number of nitrogens with two attached hydrogens (primary N) is 1. The Bertz CT molecular complexity index is 1040. The van der Waals surface area contributed by atoms with Crippen LogP contribution in [0, 0.1) is 0 Å². The number of anilines is 2. The third-order valence-corrected chi connectivity index (χ3v) is 7.78. The molecule has 0 saturated carbocycles. The molecule has 3 N–H and O–H groups in total. The highest BCUT2D eigenvalue weighted by molar-refractivity contribution is 5.83. The molecule has 8 heteroatoms. The lowest BCUT2D eigenvalue weighted by Crippen LogP contribution is -2.51. The second kappa shape index (κ2) is 15.3. The van der Waals surface area contributed by atoms with Gasteiger partial charge in [-0.25, -0.2) is 0 Å². The van der Waals surface area contributed by atoms with E-state index in [-0.39, 0.29) is 17.7 Å². The van der Waals surface area contributed by atoms with E-state index in [1.165, 1.54) is 5.56 Å². The monoisotopic (exact) mass is 535 g/mol. The van der Waals surface area contributed by atoms with Crippen molar-refractivity contribution in [2.45, 2.75) is 51.4 Å². The van der Waals surface area contributed by atoms with E-state index in [0.717, 1.165) is 75.3 Å². The van der Waals surface area contributed by atoms with Crippen LogP contribution in [0.5, 0.6) is 0 Å². The molecule has 8 nitrogen and oxygen atoms in total. The van der Waals surface area contributed by atoms with Crippen LogP contribution in [0.3, 0.4) is 0 Å². The number of piperidine rings is 1. The predicted molar refractivity (Wildman–Crippen MR) is 158 cm³/mol. The molecule has 0 bridgehead atoms. The van der Waals surface area contributed by atoms with E-state index in [1.54, 1.807) is 7.05 Å². The molecule has 2 aromatic carbocycles. The summed E-state index contributed by atoms with van der Waals surface area (Å²) in [5, 5.41) is 2.70. The van der Waals surface area contributed by atoms with Crippen molar-refractivity contribution in [3.05, 3.63) is 59.7 Å². The number of carbonyl (C=O) groups excluding carboxylic acids is 3. The number of hydrogen-bond acceptors (Lipinski definition) is 6. The highest BCUT2D eigenvalue weighted by atomic mass is 16.2. The Morgan fingerprint density at radius 2 is 1.56 bits per heavy atom. The zero-order valence-electron chi connectivity index (χ0n) is 23.8. The molecule has 2 heterocycles. The van der Waals surface area contributed by atoms with Crippen LogP contribution in [0.2, 0.25) is 0 Å². The van der Waals surface area contributed by atoms with Crippen molar-refractivity contribution in [2.75, 3.05) is 63.5 Å². The molecule has 0 aliphatic carbocycles. The first-order chi connectivity index (χ1) is 19.0. The molecular weight excluding hydrogens is 490 g/mol. The van der Waals surface area contributed by atoms with Gasteiger partial charge in [0.15, 0.2) is 0 Å². The maximum Gasteiger partial charge on any atom is 0.236 e. The molecular formula is C31H45N5O3. The highest BCUT2D eigenvalue weighted by Crippen LogP contribution is 2.29. The van der Waals surface area contributed by atoms with Gasteiger partial charge in [-0.05, 0) is 60.6 Å². The van der Waals surface area contributed by atoms with Crippen molar-refractivity contribution in [2.24, 2.45) is 0 Å². The summed E-state index contributed by atoms with van der Waals surface area (Å²) in [6.07, 6.45) is 3.72. The molecule has 2 amide bonds. The summed E-state index contributed by atoms with van der Waals surface area (Å²) in [5.74, 6) is 0.339. The van der Waals surface area contributed by atoms with Gasteiger partial charge in [0.1, 0.15) is 6.29 Å². The molecule has 1 atom stereocenters. The standard InChI is InChI=1S/C29H39N5O3.C2H6/c1-31-29(37)27(3-2-20-35)24-6-10-26(11-7-24)33-18-16-32(17-19-33)21-28(36)34-14-12-23(13-15-34)22-4-8-25(30)9-5-22;1-2/h4-11,20,23,27H,2-3,12-19,21,30H2,1H3,(H,31,37);1-2H3. The van der Waals surface area contributed by atoms with Gasteiger partial charge in [-0.3, -0.25) is 14.5 Å². The molecule has 4 rings (SSSR count). The van der Waals surface area contributed by atoms with Crippen molar-refractivity contribution in [1.82, 2.24) is 15.1 Å². The number of aldehydes is 1. The summed E-state index contributed by atoms with van der Waals surface area (Å²) < 4.78 is 0. The first-order valence-corrected chi connectivity index (χ1v) is 14.3. The van der Waals surface area contributed by atoms with Gasteiger partial charge in [0.2, 0.25) is 11.8 Å². The SMILES string of the molecule is CC.CNC(=O)C(CCC=O)c1ccc(N2CCN(CC(=O)N3CCC(c4ccc(N)cc4)CC3)CC2)cc1. The van der Waals surface area contributed by atoms with Crippen LogP contribution in [0.4, 0.5) is 11.4 Å². The number of piperazine rings is 1. The Morgan fingerprint density at radius 3 is 2.13 bits per heavy atom. The van der Waals surface area contributed by atoms with E-state index in [0.29, 0.717) is 25.3 Å². The fourth-order valence-corrected chi connectivity index (χ4v) is 5.46. The first-order valence-electron chi connectivity index (χ1n) is 14.3. The minimum atomic E-state index is -0.316. The third-order valence-electron chi connectivity index (χ3n) is 7.78. The smallest absolute Gasteiger partial charge is 0.236 e. The van der Waals surface area contributed by atoms with E-state index in [4.69, 9.17) is 5.73 Å². The van der Waals surface area contributed by atoms with Crippen LogP contribution in [-0.4, -0.2) is 80.8 Å². The average molecular weight is 536 g/mol. The molecule has 2 aliphatic rings. The lowest BCUT2D eigenvalue weighted by Gasteiger charge is -2.38. The molecule has 2 aromatic rings. The summed E-state index contributed by atoms with van der Waals surface area (Å²) in [7, 11) is 1.62. The molecule has 2 fully saturated rings. The number of benzene rings is 2. The summed E-state index contributed by atoms with van der Waals surface area (Å²) in [5.41, 5.74) is 9.95. The van der Waals surface area contributed by atoms with Crippen molar-refractivity contribution in [3.63, 3.8) is 0 Å². The van der Waals surface area contributed by atoms with Crippen molar-refractivity contribution in [1.29, 1.82) is 0 Å². The van der Waals surface area contributed by atoms with Gasteiger partial charge in [0.05, 0.1) is 12.5 Å². The molecule has 39 heavy (non-hydrogen) atoms. The number of likely N-dealkylation sites (tertiary alicyclic amines) is 1. The quantitative estimate of drug-likeness (QED) is 0.376. The molecule has 2 saturated heterocycles. The minimum Gasteiger partial charge on any atom is -0.399 e. The van der Waals surface area contributed by atoms with Gasteiger partial charge in [-0.2, -0.15) is 0 Å². The second-order valence-electron chi connectivity index (χ2n) is 10.1. The van der Waals surface area contributed by atoms with Crippen LogP contribution in [0.25, 0.3) is 0 Å². The second-order valence-corrected chi connectivity index (χ2v) is 10.1. The third kappa shape index (κ3) is 8.30. The number of amides is 2. The number of carbonyl (C=O) groups is 3. The summed E-state index contributed by atoms with van der Waals surface area (Å²) in [6, 6.07) is 16.2. The van der Waals surface area contributed by atoms with E-state index >= 15 is 0 Å². The number of nitrogen functional groups attached to an aromatic ring is 1. The van der Waals surface area contributed by atoms with Gasteiger partial charge < -0.3 is 25.6 Å². The molecule has 212 valence electrons. The maximum absolute atomic E-state index is 13.0. The topological polar surface area (TPSA) is 99.0 Å². The Kier molecular flexibility index (Phi) is 11.8. The Hall–Kier alpha value is -3.39. The largest absolute Gasteiger partial charge is 0.399 e. The molecule has 0 spiro atoms. The van der Waals surface area contributed by atoms with Crippen LogP contribution < -0.4 is 16.0 Å². The van der Waals surface area contributed by atoms with Crippen molar-refractivity contribution >= 4 is 29.5 Å². The fraction of sp³-hybridized carbons (Fsp3) is 0.516. The molecule has 1 unspecified atom stereocenters. The Morgan fingerprint density at radius 1 is 0.949 bits per heavy atom. The number of nitrogens with one attached hydrogen (secondary N) is 1. The molecule has 2 aliphatic heterocycles. The number of rotatable bonds is 9. The highest BCUT2D eigenvalue weighted by Gasteiger charge is 2.26. The normalized spacial score (nSPS) is 17.1. The molecule has 0 radical (unpaired) electrons. The van der Waals surface area contributed by atoms with Gasteiger partial charge in [-0.15, -0.1) is 0 Å². The number of nitrogens with zero attached hydrogens (tertiary/aromatic N) is 3. The van der Waals surface area contributed by atoms with E-state index in [2.05, 4.69) is 39.4 Å². The van der Waals surface area contributed by atoms with E-state index in [1.807, 2.05) is 43.0 Å². The Balaban J connectivity index is 0.00000205. The first kappa shape index (κ1) is 30.2. The fourth-order valence-electron chi connectivity index (χ4n) is 5.46. The van der Waals surface area contributed by atoms with Crippen molar-refractivity contribution in [3.8, 4) is 0 Å². The van der Waals surface area contributed by atoms with E-state index < -0.39 is 0 Å². The molecule has 0 aromatic heterocycles. The van der Waals surface area contributed by atoms with Gasteiger partial charge in [-0.1, -0.05) is 38.1 Å². The summed E-state index contributed by atoms with van der Waals surface area (Å²) >= 11 is 0. The maximum atomic E-state index is 13.0. The van der Waals surface area contributed by atoms with Gasteiger partial charge in [0.25, 0.3) is 0 Å². The van der Waals surface area contributed by atoms with Crippen LogP contribution >= 0.6 is 0 Å². The zero-order valence-corrected chi connectivity index (χ0v) is 23.8. The lowest BCUT2D eigenvalue weighted by molar-refractivity contribution is -0.133. The average Bonchev–Trinajstić information content (AvgIpc) is 2.99. The summed E-state index contributed by atoms with van der Waals surface area (Å²) in [6.45, 7) is 9.49. The number of likely N-dealkylation sites (N-methyl/N-ethyl adjacent to an activating group) is 1. The Labute approximate surface area is 233 Å². The van der Waals surface area contributed by atoms with Gasteiger partial charge >= 0.3 is 0 Å². The van der Waals surface area contributed by atoms with Crippen LogP contribution in [-0.2, 0) is 14.4 Å². The predicted octanol–water partition coefficient (Wildman–Crippen LogP) is 3.63. The van der Waals surface area contributed by atoms with E-state index in [9.17, 15) is 14.4 Å². The lowest BCUT2D eigenvalue weighted by atomic mass is 9.89. The summed E-state index contributed by atoms with van der Waals surface area (Å²) in [4.78, 5) is 42.6. The van der Waals surface area contributed by atoms with Crippen molar-refractivity contribution < 1.29 is 14.4 Å². The van der Waals surface area contributed by atoms with Gasteiger partial charge in [0, 0.05) is 64.1 Å². The minimum absolute atomic E-state index is 0.0673. The zero-order chi connectivity index (χ0) is 28.2.